The highest BCUT2D eigenvalue weighted by Gasteiger charge is 2.04. The lowest BCUT2D eigenvalue weighted by Crippen LogP contribution is -2.01. The molecule has 1 heterocycles. The van der Waals surface area contributed by atoms with E-state index in [1.165, 1.54) is 10.4 Å². The fourth-order valence-corrected chi connectivity index (χ4v) is 2.63. The Kier molecular flexibility index (Phi) is 5.16. The smallest absolute Gasteiger partial charge is 0.133 e. The number of ether oxygens (including phenoxy) is 1. The largest absolute Gasteiger partial charge is 0.497 e. The second-order valence-electron chi connectivity index (χ2n) is 4.47. The molecule has 0 spiro atoms. The summed E-state index contributed by atoms with van der Waals surface area (Å²) in [4.78, 5) is 13.1. The SMILES string of the molecule is COc1ccc(CCC(=O)CCc2cccs2)cc1. The maximum absolute atomic E-state index is 11.8. The van der Waals surface area contributed by atoms with E-state index in [1.807, 2.05) is 30.3 Å². The van der Waals surface area contributed by atoms with Crippen LogP contribution in [-0.2, 0) is 17.6 Å². The third kappa shape index (κ3) is 4.52. The minimum atomic E-state index is 0.337. The third-order valence-electron chi connectivity index (χ3n) is 3.08. The summed E-state index contributed by atoms with van der Waals surface area (Å²) in [6.45, 7) is 0. The Bertz CT molecular complexity index is 500. The first-order valence-electron chi connectivity index (χ1n) is 6.45. The Morgan fingerprint density at radius 1 is 1.11 bits per heavy atom. The highest BCUT2D eigenvalue weighted by atomic mass is 32.1. The minimum absolute atomic E-state index is 0.337. The van der Waals surface area contributed by atoms with Crippen molar-refractivity contribution >= 4 is 17.1 Å². The summed E-state index contributed by atoms with van der Waals surface area (Å²) < 4.78 is 5.11. The highest BCUT2D eigenvalue weighted by Crippen LogP contribution is 2.14. The number of rotatable bonds is 7. The van der Waals surface area contributed by atoms with Gasteiger partial charge in [-0.05, 0) is 42.0 Å². The standard InChI is InChI=1S/C16H18O2S/c1-18-15-9-5-13(6-10-15)4-7-14(17)8-11-16-3-2-12-19-16/h2-3,5-6,9-10,12H,4,7-8,11H2,1H3. The third-order valence-corrected chi connectivity index (χ3v) is 4.02. The zero-order valence-corrected chi connectivity index (χ0v) is 11.9. The second kappa shape index (κ2) is 7.10. The van der Waals surface area contributed by atoms with E-state index < -0.39 is 0 Å². The molecule has 0 radical (unpaired) electrons. The van der Waals surface area contributed by atoms with Gasteiger partial charge in [0, 0.05) is 17.7 Å². The molecule has 0 N–H and O–H groups in total. The fraction of sp³-hybridized carbons (Fsp3) is 0.312. The molecule has 2 aromatic rings. The number of benzene rings is 1. The van der Waals surface area contributed by atoms with Crippen LogP contribution >= 0.6 is 11.3 Å². The monoisotopic (exact) mass is 274 g/mol. The normalized spacial score (nSPS) is 10.4. The van der Waals surface area contributed by atoms with Crippen LogP contribution in [0.15, 0.2) is 41.8 Å². The molecule has 0 aliphatic rings. The van der Waals surface area contributed by atoms with Gasteiger partial charge in [0.2, 0.25) is 0 Å². The predicted molar refractivity (Wildman–Crippen MR) is 79.0 cm³/mol. The number of carbonyl (C=O) groups is 1. The van der Waals surface area contributed by atoms with Crippen molar-refractivity contribution in [3.8, 4) is 5.75 Å². The molecule has 2 nitrogen and oxygen atoms in total. The summed E-state index contributed by atoms with van der Waals surface area (Å²) in [7, 11) is 1.66. The van der Waals surface area contributed by atoms with Crippen LogP contribution in [0, 0.1) is 0 Å². The molecule has 0 unspecified atom stereocenters. The van der Waals surface area contributed by atoms with Crippen LogP contribution in [0.1, 0.15) is 23.3 Å². The Balaban J connectivity index is 1.73. The average Bonchev–Trinajstić information content (AvgIpc) is 2.96. The van der Waals surface area contributed by atoms with Gasteiger partial charge in [0.25, 0.3) is 0 Å². The Morgan fingerprint density at radius 2 is 1.84 bits per heavy atom. The Hall–Kier alpha value is -1.61. The quantitative estimate of drug-likeness (QED) is 0.765. The Morgan fingerprint density at radius 3 is 2.47 bits per heavy atom. The molecule has 1 aromatic carbocycles. The topological polar surface area (TPSA) is 26.3 Å². The Labute approximate surface area is 118 Å². The molecule has 1 aromatic heterocycles. The first kappa shape index (κ1) is 13.8. The van der Waals surface area contributed by atoms with Crippen LogP contribution in [-0.4, -0.2) is 12.9 Å². The molecule has 0 aliphatic carbocycles. The van der Waals surface area contributed by atoms with Crippen LogP contribution in [0.2, 0.25) is 0 Å². The van der Waals surface area contributed by atoms with Crippen LogP contribution < -0.4 is 4.74 Å². The number of hydrogen-bond donors (Lipinski definition) is 0. The second-order valence-corrected chi connectivity index (χ2v) is 5.50. The maximum atomic E-state index is 11.8. The first-order valence-corrected chi connectivity index (χ1v) is 7.33. The van der Waals surface area contributed by atoms with Crippen molar-refractivity contribution in [1.82, 2.24) is 0 Å². The van der Waals surface area contributed by atoms with Gasteiger partial charge in [0.15, 0.2) is 0 Å². The lowest BCUT2D eigenvalue weighted by Gasteiger charge is -2.03. The van der Waals surface area contributed by atoms with E-state index >= 15 is 0 Å². The number of ketones is 1. The van der Waals surface area contributed by atoms with Gasteiger partial charge in [-0.25, -0.2) is 0 Å². The highest BCUT2D eigenvalue weighted by molar-refractivity contribution is 7.09. The number of thiophene rings is 1. The molecule has 2 rings (SSSR count). The van der Waals surface area contributed by atoms with Crippen LogP contribution in [0.5, 0.6) is 5.75 Å². The molecule has 0 fully saturated rings. The van der Waals surface area contributed by atoms with E-state index in [-0.39, 0.29) is 0 Å². The van der Waals surface area contributed by atoms with Crippen molar-refractivity contribution in [2.24, 2.45) is 0 Å². The summed E-state index contributed by atoms with van der Waals surface area (Å²) in [5.41, 5.74) is 1.19. The number of carbonyl (C=O) groups excluding carboxylic acids is 1. The summed E-state index contributed by atoms with van der Waals surface area (Å²) >= 11 is 1.72. The number of hydrogen-bond acceptors (Lipinski definition) is 3. The van der Waals surface area contributed by atoms with Gasteiger partial charge in [-0.15, -0.1) is 11.3 Å². The van der Waals surface area contributed by atoms with Gasteiger partial charge in [-0.1, -0.05) is 18.2 Å². The van der Waals surface area contributed by atoms with Crippen molar-refractivity contribution in [2.75, 3.05) is 7.11 Å². The summed E-state index contributed by atoms with van der Waals surface area (Å²) in [5.74, 6) is 1.19. The van der Waals surface area contributed by atoms with E-state index in [0.29, 0.717) is 18.6 Å². The zero-order chi connectivity index (χ0) is 13.5. The number of aryl methyl sites for hydroxylation is 2. The van der Waals surface area contributed by atoms with Gasteiger partial charge in [0.05, 0.1) is 7.11 Å². The van der Waals surface area contributed by atoms with E-state index in [2.05, 4.69) is 11.4 Å². The molecule has 0 aliphatic heterocycles. The zero-order valence-electron chi connectivity index (χ0n) is 11.1. The van der Waals surface area contributed by atoms with E-state index in [0.717, 1.165) is 18.6 Å². The molecule has 0 saturated carbocycles. The average molecular weight is 274 g/mol. The van der Waals surface area contributed by atoms with Crippen LogP contribution in [0.3, 0.4) is 0 Å². The molecule has 0 amide bonds. The van der Waals surface area contributed by atoms with Crippen molar-refractivity contribution < 1.29 is 9.53 Å². The van der Waals surface area contributed by atoms with E-state index in [9.17, 15) is 4.79 Å². The van der Waals surface area contributed by atoms with Crippen molar-refractivity contribution in [2.45, 2.75) is 25.7 Å². The van der Waals surface area contributed by atoms with Crippen molar-refractivity contribution in [1.29, 1.82) is 0 Å². The lowest BCUT2D eigenvalue weighted by atomic mass is 10.0. The van der Waals surface area contributed by atoms with Gasteiger partial charge >= 0.3 is 0 Å². The summed E-state index contributed by atoms with van der Waals surface area (Å²) in [6.07, 6.45) is 2.96. The maximum Gasteiger partial charge on any atom is 0.133 e. The summed E-state index contributed by atoms with van der Waals surface area (Å²) in [5, 5.41) is 2.05. The van der Waals surface area contributed by atoms with Gasteiger partial charge in [0.1, 0.15) is 11.5 Å². The first-order chi connectivity index (χ1) is 9.28. The van der Waals surface area contributed by atoms with E-state index in [1.54, 1.807) is 18.4 Å². The minimum Gasteiger partial charge on any atom is -0.497 e. The summed E-state index contributed by atoms with van der Waals surface area (Å²) in [6, 6.07) is 12.0. The lowest BCUT2D eigenvalue weighted by molar-refractivity contribution is -0.119. The molecule has 3 heteroatoms. The number of methoxy groups -OCH3 is 1. The molecule has 0 saturated heterocycles. The van der Waals surface area contributed by atoms with Gasteiger partial charge in [-0.2, -0.15) is 0 Å². The molecule has 0 bridgehead atoms. The van der Waals surface area contributed by atoms with Gasteiger partial charge < -0.3 is 4.74 Å². The number of Topliss-reactive ketones (excluding diaryl/α,β-unsaturated/α-hetero) is 1. The van der Waals surface area contributed by atoms with E-state index in [4.69, 9.17) is 4.74 Å². The van der Waals surface area contributed by atoms with Crippen LogP contribution in [0.25, 0.3) is 0 Å². The van der Waals surface area contributed by atoms with Gasteiger partial charge in [-0.3, -0.25) is 4.79 Å². The molecule has 100 valence electrons. The molecular weight excluding hydrogens is 256 g/mol. The van der Waals surface area contributed by atoms with Crippen molar-refractivity contribution in [3.63, 3.8) is 0 Å². The predicted octanol–water partition coefficient (Wildman–Crippen LogP) is 3.89. The van der Waals surface area contributed by atoms with Crippen molar-refractivity contribution in [3.05, 3.63) is 52.2 Å². The van der Waals surface area contributed by atoms with Crippen LogP contribution in [0.4, 0.5) is 0 Å². The molecular formula is C16H18O2S. The fourth-order valence-electron chi connectivity index (χ4n) is 1.92. The molecule has 19 heavy (non-hydrogen) atoms. The molecule has 0 atom stereocenters.